The van der Waals surface area contributed by atoms with E-state index in [4.69, 9.17) is 14.2 Å². The number of carbonyl (C=O) groups excluding carboxylic acids is 1. The first-order chi connectivity index (χ1) is 7.75. The summed E-state index contributed by atoms with van der Waals surface area (Å²) >= 11 is 0. The lowest BCUT2D eigenvalue weighted by molar-refractivity contribution is -0.217. The number of carbonyl (C=O) groups is 1. The number of amides is 1. The molecule has 2 saturated heterocycles. The second-order valence-electron chi connectivity index (χ2n) is 4.43. The number of methoxy groups -OCH3 is 1. The van der Waals surface area contributed by atoms with E-state index in [1.54, 1.807) is 4.90 Å². The second-order valence-corrected chi connectivity index (χ2v) is 4.43. The van der Waals surface area contributed by atoms with Crippen molar-refractivity contribution in [1.82, 2.24) is 4.90 Å². The van der Waals surface area contributed by atoms with Gasteiger partial charge in [0.05, 0.1) is 20.3 Å². The predicted molar refractivity (Wildman–Crippen MR) is 54.8 cm³/mol. The van der Waals surface area contributed by atoms with Crippen LogP contribution in [0.3, 0.4) is 0 Å². The SMILES string of the molecule is COC(=O)N1C[C@H]2C=CC1C1(C2)OCCO1. The summed E-state index contributed by atoms with van der Waals surface area (Å²) in [6.45, 7) is 1.90. The Morgan fingerprint density at radius 1 is 1.44 bits per heavy atom. The van der Waals surface area contributed by atoms with Crippen molar-refractivity contribution < 1.29 is 19.0 Å². The summed E-state index contributed by atoms with van der Waals surface area (Å²) in [6.07, 6.45) is 4.67. The van der Waals surface area contributed by atoms with Crippen LogP contribution in [0.25, 0.3) is 0 Å². The maximum atomic E-state index is 11.7. The lowest BCUT2D eigenvalue weighted by Gasteiger charge is -2.49. The Balaban J connectivity index is 1.90. The average molecular weight is 225 g/mol. The summed E-state index contributed by atoms with van der Waals surface area (Å²) < 4.78 is 16.2. The molecular formula is C11H15NO4. The maximum Gasteiger partial charge on any atom is 0.410 e. The molecule has 0 aromatic rings. The summed E-state index contributed by atoms with van der Waals surface area (Å²) in [6, 6.07) is -0.146. The molecule has 2 fully saturated rings. The standard InChI is InChI=1S/C11H15NO4/c1-14-10(13)12-7-8-2-3-9(12)11(6-8)15-4-5-16-11/h2-3,8-9H,4-7H2,1H3/t8-,9?/m0/s1. The van der Waals surface area contributed by atoms with E-state index in [1.807, 2.05) is 6.08 Å². The van der Waals surface area contributed by atoms with E-state index in [9.17, 15) is 4.79 Å². The predicted octanol–water partition coefficient (Wildman–Crippen LogP) is 0.756. The highest BCUT2D eigenvalue weighted by molar-refractivity contribution is 5.69. The minimum absolute atomic E-state index is 0.146. The fourth-order valence-electron chi connectivity index (χ4n) is 2.86. The van der Waals surface area contributed by atoms with Crippen molar-refractivity contribution >= 4 is 6.09 Å². The van der Waals surface area contributed by atoms with E-state index >= 15 is 0 Å². The molecule has 0 N–H and O–H groups in total. The first kappa shape index (κ1) is 10.1. The maximum absolute atomic E-state index is 11.7. The lowest BCUT2D eigenvalue weighted by atomic mass is 9.81. The van der Waals surface area contributed by atoms with E-state index < -0.39 is 5.79 Å². The molecule has 1 unspecified atom stereocenters. The quantitative estimate of drug-likeness (QED) is 0.571. The number of hydrogen-bond donors (Lipinski definition) is 0. The van der Waals surface area contributed by atoms with Crippen molar-refractivity contribution in [3.05, 3.63) is 12.2 Å². The lowest BCUT2D eigenvalue weighted by Crippen LogP contribution is -2.62. The third-order valence-electron chi connectivity index (χ3n) is 3.52. The van der Waals surface area contributed by atoms with Crippen LogP contribution in [0.5, 0.6) is 0 Å². The molecule has 1 spiro atoms. The van der Waals surface area contributed by atoms with Crippen molar-refractivity contribution in [3.63, 3.8) is 0 Å². The Bertz CT molecular complexity index is 335. The van der Waals surface area contributed by atoms with Crippen molar-refractivity contribution in [2.75, 3.05) is 26.9 Å². The van der Waals surface area contributed by atoms with Crippen molar-refractivity contribution in [2.45, 2.75) is 18.2 Å². The van der Waals surface area contributed by atoms with Gasteiger partial charge in [-0.1, -0.05) is 12.2 Å². The largest absolute Gasteiger partial charge is 0.453 e. The van der Waals surface area contributed by atoms with E-state index in [1.165, 1.54) is 7.11 Å². The van der Waals surface area contributed by atoms with E-state index in [2.05, 4.69) is 6.08 Å². The van der Waals surface area contributed by atoms with Gasteiger partial charge in [0.1, 0.15) is 6.04 Å². The Labute approximate surface area is 93.9 Å². The summed E-state index contributed by atoms with van der Waals surface area (Å²) in [5.41, 5.74) is 0. The Morgan fingerprint density at radius 2 is 2.19 bits per heavy atom. The fraction of sp³-hybridized carbons (Fsp3) is 0.727. The van der Waals surface area contributed by atoms with Crippen LogP contribution >= 0.6 is 0 Å². The number of nitrogens with zero attached hydrogens (tertiary/aromatic N) is 1. The van der Waals surface area contributed by atoms with Gasteiger partial charge in [-0.05, 0) is 5.92 Å². The van der Waals surface area contributed by atoms with Gasteiger partial charge >= 0.3 is 6.09 Å². The zero-order valence-corrected chi connectivity index (χ0v) is 9.22. The summed E-state index contributed by atoms with van der Waals surface area (Å²) in [4.78, 5) is 13.3. The van der Waals surface area contributed by atoms with Crippen LogP contribution in [0.4, 0.5) is 4.79 Å². The molecule has 1 aliphatic carbocycles. The minimum Gasteiger partial charge on any atom is -0.453 e. The molecule has 2 atom stereocenters. The van der Waals surface area contributed by atoms with Crippen molar-refractivity contribution in [3.8, 4) is 0 Å². The highest BCUT2D eigenvalue weighted by atomic mass is 16.7. The van der Waals surface area contributed by atoms with Crippen LogP contribution in [0.1, 0.15) is 6.42 Å². The molecule has 0 aromatic carbocycles. The van der Waals surface area contributed by atoms with E-state index in [0.29, 0.717) is 25.7 Å². The third-order valence-corrected chi connectivity index (χ3v) is 3.52. The number of rotatable bonds is 0. The van der Waals surface area contributed by atoms with Gasteiger partial charge in [0.2, 0.25) is 0 Å². The fourth-order valence-corrected chi connectivity index (χ4v) is 2.86. The number of hydrogen-bond acceptors (Lipinski definition) is 4. The molecule has 0 radical (unpaired) electrons. The monoisotopic (exact) mass is 225 g/mol. The molecule has 5 heteroatoms. The van der Waals surface area contributed by atoms with Gasteiger partial charge in [0, 0.05) is 13.0 Å². The zero-order chi connectivity index (χ0) is 11.2. The molecule has 88 valence electrons. The molecule has 3 heterocycles. The molecule has 3 aliphatic heterocycles. The Kier molecular flexibility index (Phi) is 2.19. The van der Waals surface area contributed by atoms with Crippen LogP contribution in [0.2, 0.25) is 0 Å². The summed E-state index contributed by atoms with van der Waals surface area (Å²) in [5.74, 6) is -0.312. The van der Waals surface area contributed by atoms with Gasteiger partial charge in [-0.3, -0.25) is 4.90 Å². The topological polar surface area (TPSA) is 48.0 Å². The molecule has 1 amide bonds. The van der Waals surface area contributed by atoms with Crippen LogP contribution in [-0.2, 0) is 14.2 Å². The highest BCUT2D eigenvalue weighted by Gasteiger charge is 2.54. The molecule has 0 aromatic heterocycles. The Morgan fingerprint density at radius 3 is 2.81 bits per heavy atom. The molecule has 2 bridgehead atoms. The van der Waals surface area contributed by atoms with Crippen LogP contribution in [0, 0.1) is 5.92 Å². The van der Waals surface area contributed by atoms with Gasteiger partial charge < -0.3 is 14.2 Å². The van der Waals surface area contributed by atoms with Gasteiger partial charge in [-0.15, -0.1) is 0 Å². The molecule has 16 heavy (non-hydrogen) atoms. The first-order valence-electron chi connectivity index (χ1n) is 5.56. The molecule has 5 nitrogen and oxygen atoms in total. The third kappa shape index (κ3) is 1.28. The number of piperidine rings is 1. The van der Waals surface area contributed by atoms with Crippen LogP contribution in [0.15, 0.2) is 12.2 Å². The Hall–Kier alpha value is -1.07. The van der Waals surface area contributed by atoms with Gasteiger partial charge in [0.15, 0.2) is 5.79 Å². The van der Waals surface area contributed by atoms with E-state index in [0.717, 1.165) is 6.42 Å². The number of fused-ring (bicyclic) bond motifs is 1. The summed E-state index contributed by atoms with van der Waals surface area (Å²) in [7, 11) is 1.40. The average Bonchev–Trinajstić information content (AvgIpc) is 2.77. The molecule has 4 rings (SSSR count). The normalized spacial score (nSPS) is 34.7. The molecular weight excluding hydrogens is 210 g/mol. The first-order valence-corrected chi connectivity index (χ1v) is 5.56. The second kappa shape index (κ2) is 3.46. The van der Waals surface area contributed by atoms with Gasteiger partial charge in [0.25, 0.3) is 0 Å². The van der Waals surface area contributed by atoms with Crippen molar-refractivity contribution in [1.29, 1.82) is 0 Å². The minimum atomic E-state index is -0.619. The smallest absolute Gasteiger partial charge is 0.410 e. The van der Waals surface area contributed by atoms with Crippen LogP contribution < -0.4 is 0 Å². The van der Waals surface area contributed by atoms with Crippen LogP contribution in [-0.4, -0.2) is 49.7 Å². The zero-order valence-electron chi connectivity index (χ0n) is 9.22. The number of ether oxygens (including phenoxy) is 3. The summed E-state index contributed by atoms with van der Waals surface area (Å²) in [5, 5.41) is 0. The van der Waals surface area contributed by atoms with Gasteiger partial charge in [-0.2, -0.15) is 0 Å². The van der Waals surface area contributed by atoms with E-state index in [-0.39, 0.29) is 12.1 Å². The highest BCUT2D eigenvalue weighted by Crippen LogP contribution is 2.42. The molecule has 4 aliphatic rings. The molecule has 0 saturated carbocycles. The van der Waals surface area contributed by atoms with Gasteiger partial charge in [-0.25, -0.2) is 4.79 Å². The van der Waals surface area contributed by atoms with Crippen molar-refractivity contribution in [2.24, 2.45) is 5.92 Å².